The fourth-order valence-electron chi connectivity index (χ4n) is 2.81. The second kappa shape index (κ2) is 5.27. The van der Waals surface area contributed by atoms with Crippen molar-refractivity contribution in [1.82, 2.24) is 0 Å². The Bertz CT molecular complexity index is 383. The van der Waals surface area contributed by atoms with E-state index < -0.39 is 6.10 Å². The number of aliphatic hydroxyl groups excluding tert-OH is 1. The molecule has 0 unspecified atom stereocenters. The summed E-state index contributed by atoms with van der Waals surface area (Å²) < 4.78 is 5.43. The molecule has 4 atom stereocenters. The molecule has 0 bridgehead atoms. The van der Waals surface area contributed by atoms with E-state index in [4.69, 9.17) is 4.74 Å². The van der Waals surface area contributed by atoms with Crippen LogP contribution in [0.5, 0.6) is 0 Å². The van der Waals surface area contributed by atoms with E-state index in [1.54, 1.807) is 0 Å². The highest BCUT2D eigenvalue weighted by Gasteiger charge is 2.40. The summed E-state index contributed by atoms with van der Waals surface area (Å²) in [6.45, 7) is 7.92. The molecule has 0 radical (unpaired) electrons. The Balaban J connectivity index is 2.21. The van der Waals surface area contributed by atoms with Crippen molar-refractivity contribution in [3.05, 3.63) is 23.8 Å². The summed E-state index contributed by atoms with van der Waals surface area (Å²) in [4.78, 5) is 11.7. The quantitative estimate of drug-likeness (QED) is 0.531. The summed E-state index contributed by atoms with van der Waals surface area (Å²) >= 11 is 0. The molecule has 1 N–H and O–H groups in total. The van der Waals surface area contributed by atoms with Gasteiger partial charge >= 0.3 is 5.97 Å². The van der Waals surface area contributed by atoms with Crippen LogP contribution >= 0.6 is 0 Å². The zero-order valence-corrected chi connectivity index (χ0v) is 11.2. The van der Waals surface area contributed by atoms with Crippen LogP contribution in [0, 0.1) is 11.8 Å². The van der Waals surface area contributed by atoms with Crippen LogP contribution in [0.2, 0.25) is 0 Å². The number of carbonyl (C=O) groups excluding carboxylic acids is 1. The lowest BCUT2D eigenvalue weighted by Gasteiger charge is -2.22. The standard InChI is InChI=1S/C15H22O3/c1-9-4-7-13(16)10(2)5-6-12-11(3)15(17)18-14(12)8-9/h8,11-14,16H,2,4-7H2,1,3H3/b9-8+/t11-,12-,13+,14+/m0/s1. The van der Waals surface area contributed by atoms with E-state index >= 15 is 0 Å². The molecule has 0 aromatic carbocycles. The van der Waals surface area contributed by atoms with E-state index in [1.807, 2.05) is 13.8 Å². The van der Waals surface area contributed by atoms with Crippen molar-refractivity contribution in [2.45, 2.75) is 51.7 Å². The first-order valence-corrected chi connectivity index (χ1v) is 6.72. The molecular weight excluding hydrogens is 228 g/mol. The largest absolute Gasteiger partial charge is 0.458 e. The Hall–Kier alpha value is -1.09. The number of hydrogen-bond donors (Lipinski definition) is 1. The van der Waals surface area contributed by atoms with Crippen molar-refractivity contribution in [1.29, 1.82) is 0 Å². The molecule has 100 valence electrons. The minimum Gasteiger partial charge on any atom is -0.458 e. The van der Waals surface area contributed by atoms with E-state index in [0.717, 1.165) is 24.8 Å². The van der Waals surface area contributed by atoms with Gasteiger partial charge in [-0.1, -0.05) is 19.1 Å². The maximum atomic E-state index is 11.7. The van der Waals surface area contributed by atoms with Crippen LogP contribution in [-0.2, 0) is 9.53 Å². The summed E-state index contributed by atoms with van der Waals surface area (Å²) in [6.07, 6.45) is 4.73. The van der Waals surface area contributed by atoms with Gasteiger partial charge in [0.15, 0.2) is 0 Å². The second-order valence-electron chi connectivity index (χ2n) is 5.62. The third-order valence-electron chi connectivity index (χ3n) is 4.22. The number of aliphatic hydroxyl groups is 1. The molecule has 1 aliphatic heterocycles. The summed E-state index contributed by atoms with van der Waals surface area (Å²) in [5.41, 5.74) is 2.07. The van der Waals surface area contributed by atoms with Gasteiger partial charge in [-0.25, -0.2) is 0 Å². The van der Waals surface area contributed by atoms with Crippen molar-refractivity contribution in [3.63, 3.8) is 0 Å². The molecule has 18 heavy (non-hydrogen) atoms. The van der Waals surface area contributed by atoms with Gasteiger partial charge < -0.3 is 9.84 Å². The average Bonchev–Trinajstić information content (AvgIpc) is 2.58. The first kappa shape index (κ1) is 13.3. The SMILES string of the molecule is C=C1CC[C@H]2[C@H](C)C(=O)O[C@@H]2/C=C(\C)CC[C@H]1O. The third kappa shape index (κ3) is 2.66. The second-order valence-corrected chi connectivity index (χ2v) is 5.62. The van der Waals surface area contributed by atoms with E-state index in [-0.39, 0.29) is 23.9 Å². The summed E-state index contributed by atoms with van der Waals surface area (Å²) in [7, 11) is 0. The highest BCUT2D eigenvalue weighted by Crippen LogP contribution is 2.35. The van der Waals surface area contributed by atoms with Crippen LogP contribution in [0.3, 0.4) is 0 Å². The first-order chi connectivity index (χ1) is 8.49. The summed E-state index contributed by atoms with van der Waals surface area (Å²) in [5, 5.41) is 9.95. The maximum absolute atomic E-state index is 11.7. The van der Waals surface area contributed by atoms with E-state index in [1.165, 1.54) is 5.57 Å². The van der Waals surface area contributed by atoms with Gasteiger partial charge in [0, 0.05) is 5.92 Å². The topological polar surface area (TPSA) is 46.5 Å². The fraction of sp³-hybridized carbons (Fsp3) is 0.667. The molecular formula is C15H22O3. The van der Waals surface area contributed by atoms with Crippen LogP contribution in [0.4, 0.5) is 0 Å². The molecule has 1 fully saturated rings. The number of esters is 1. The van der Waals surface area contributed by atoms with E-state index in [0.29, 0.717) is 6.42 Å². The number of ether oxygens (including phenoxy) is 1. The van der Waals surface area contributed by atoms with E-state index in [9.17, 15) is 9.90 Å². The molecule has 2 aliphatic rings. The molecule has 0 aromatic rings. The minimum absolute atomic E-state index is 0.0524. The normalized spacial score (nSPS) is 40.7. The lowest BCUT2D eigenvalue weighted by molar-refractivity contribution is -0.142. The Labute approximate surface area is 109 Å². The average molecular weight is 250 g/mol. The molecule has 0 spiro atoms. The molecule has 0 saturated carbocycles. The van der Waals surface area contributed by atoms with Crippen molar-refractivity contribution < 1.29 is 14.6 Å². The number of hydrogen-bond acceptors (Lipinski definition) is 3. The van der Waals surface area contributed by atoms with Crippen LogP contribution in [0.15, 0.2) is 23.8 Å². The Kier molecular flexibility index (Phi) is 3.91. The van der Waals surface area contributed by atoms with Gasteiger partial charge in [-0.3, -0.25) is 4.79 Å². The molecule has 0 aromatic heterocycles. The van der Waals surface area contributed by atoms with Gasteiger partial charge in [0.1, 0.15) is 6.10 Å². The summed E-state index contributed by atoms with van der Waals surface area (Å²) in [6, 6.07) is 0. The van der Waals surface area contributed by atoms with Crippen LogP contribution in [-0.4, -0.2) is 23.3 Å². The number of carbonyl (C=O) groups is 1. The Morgan fingerprint density at radius 3 is 2.83 bits per heavy atom. The predicted molar refractivity (Wildman–Crippen MR) is 69.9 cm³/mol. The molecule has 3 heteroatoms. The van der Waals surface area contributed by atoms with Gasteiger partial charge in [0.05, 0.1) is 12.0 Å². The zero-order chi connectivity index (χ0) is 13.3. The third-order valence-corrected chi connectivity index (χ3v) is 4.22. The molecule has 1 heterocycles. The lowest BCUT2D eigenvalue weighted by atomic mass is 9.83. The number of allylic oxidation sites excluding steroid dienone is 1. The first-order valence-electron chi connectivity index (χ1n) is 6.72. The minimum atomic E-state index is -0.418. The van der Waals surface area contributed by atoms with E-state index in [2.05, 4.69) is 12.7 Å². The van der Waals surface area contributed by atoms with Crippen molar-refractivity contribution in [2.75, 3.05) is 0 Å². The Morgan fingerprint density at radius 1 is 1.39 bits per heavy atom. The van der Waals surface area contributed by atoms with Gasteiger partial charge in [0.25, 0.3) is 0 Å². The van der Waals surface area contributed by atoms with Crippen LogP contribution in [0.25, 0.3) is 0 Å². The van der Waals surface area contributed by atoms with Crippen LogP contribution in [0.1, 0.15) is 39.5 Å². The van der Waals surface area contributed by atoms with Gasteiger partial charge in [0.2, 0.25) is 0 Å². The van der Waals surface area contributed by atoms with Gasteiger partial charge in [-0.05, 0) is 44.3 Å². The Morgan fingerprint density at radius 2 is 2.11 bits per heavy atom. The van der Waals surface area contributed by atoms with Crippen molar-refractivity contribution in [3.8, 4) is 0 Å². The van der Waals surface area contributed by atoms with Gasteiger partial charge in [-0.2, -0.15) is 0 Å². The molecule has 1 saturated heterocycles. The van der Waals surface area contributed by atoms with Crippen LogP contribution < -0.4 is 0 Å². The predicted octanol–water partition coefficient (Wildman–Crippen LogP) is 2.60. The molecule has 2 rings (SSSR count). The zero-order valence-electron chi connectivity index (χ0n) is 11.2. The number of rotatable bonds is 0. The highest BCUT2D eigenvalue weighted by atomic mass is 16.6. The van der Waals surface area contributed by atoms with Gasteiger partial charge in [-0.15, -0.1) is 0 Å². The fourth-order valence-corrected chi connectivity index (χ4v) is 2.81. The smallest absolute Gasteiger partial charge is 0.309 e. The molecule has 1 aliphatic carbocycles. The lowest BCUT2D eigenvalue weighted by Crippen LogP contribution is -2.21. The number of fused-ring (bicyclic) bond motifs is 1. The maximum Gasteiger partial charge on any atom is 0.309 e. The highest BCUT2D eigenvalue weighted by molar-refractivity contribution is 5.75. The van der Waals surface area contributed by atoms with Crippen molar-refractivity contribution >= 4 is 5.97 Å². The summed E-state index contributed by atoms with van der Waals surface area (Å²) in [5.74, 6) is 0.0670. The van der Waals surface area contributed by atoms with Crippen molar-refractivity contribution in [2.24, 2.45) is 11.8 Å². The molecule has 0 amide bonds. The monoisotopic (exact) mass is 250 g/mol. The molecule has 3 nitrogen and oxygen atoms in total.